The summed E-state index contributed by atoms with van der Waals surface area (Å²) in [5.41, 5.74) is -0.638. The number of halogens is 3. The van der Waals surface area contributed by atoms with Crippen LogP contribution in [0.4, 0.5) is 18.0 Å². The average Bonchev–Trinajstić information content (AvgIpc) is 2.98. The van der Waals surface area contributed by atoms with E-state index in [0.717, 1.165) is 12.8 Å². The van der Waals surface area contributed by atoms with E-state index in [2.05, 4.69) is 14.9 Å². The molecule has 0 unspecified atom stereocenters. The molecule has 1 aliphatic rings. The summed E-state index contributed by atoms with van der Waals surface area (Å²) in [6.45, 7) is 4.69. The summed E-state index contributed by atoms with van der Waals surface area (Å²) >= 11 is 0. The molecule has 1 amide bonds. The summed E-state index contributed by atoms with van der Waals surface area (Å²) < 4.78 is 54.9. The van der Waals surface area contributed by atoms with Crippen molar-refractivity contribution >= 4 is 6.09 Å². The maximum absolute atomic E-state index is 12.4. The van der Waals surface area contributed by atoms with E-state index < -0.39 is 37.3 Å². The number of ether oxygens (including phenoxy) is 3. The Balaban J connectivity index is 1.95. The van der Waals surface area contributed by atoms with E-state index in [1.54, 1.807) is 20.8 Å². The first-order valence-electron chi connectivity index (χ1n) is 8.22. The van der Waals surface area contributed by atoms with Crippen molar-refractivity contribution in [3.05, 3.63) is 5.89 Å². The molecule has 8 nitrogen and oxygen atoms in total. The van der Waals surface area contributed by atoms with Gasteiger partial charge in [-0.15, -0.1) is 18.3 Å². The second-order valence-electron chi connectivity index (χ2n) is 6.73. The fourth-order valence-corrected chi connectivity index (χ4v) is 2.43. The van der Waals surface area contributed by atoms with Crippen molar-refractivity contribution < 1.29 is 36.6 Å². The number of hydrogen-bond acceptors (Lipinski definition) is 7. The van der Waals surface area contributed by atoms with Gasteiger partial charge in [0.05, 0.1) is 6.61 Å². The number of piperidine rings is 1. The van der Waals surface area contributed by atoms with Crippen LogP contribution in [0.1, 0.15) is 52.0 Å². The van der Waals surface area contributed by atoms with Crippen molar-refractivity contribution in [2.24, 2.45) is 0 Å². The number of carbonyl (C=O) groups excluding carboxylic acids is 1. The van der Waals surface area contributed by atoms with Gasteiger partial charge in [-0.2, -0.15) is 0 Å². The number of alkyl halides is 3. The molecule has 0 radical (unpaired) electrons. The van der Waals surface area contributed by atoms with E-state index in [9.17, 15) is 18.0 Å². The average molecular weight is 381 g/mol. The third-order valence-electron chi connectivity index (χ3n) is 3.41. The predicted octanol–water partition coefficient (Wildman–Crippen LogP) is 3.45. The minimum absolute atomic E-state index is 0.155. The van der Waals surface area contributed by atoms with Gasteiger partial charge < -0.3 is 13.9 Å². The lowest BCUT2D eigenvalue weighted by atomic mass is 10.0. The topological polar surface area (TPSA) is 86.9 Å². The standard InChI is InChI=1S/C15H22F3N3O5/c1-14(2,3)26-13(22)21-7-5-4-6-10(21)11-19-20-12(25-11)23-8-9-24-15(16,17)18/h10H,4-9H2,1-3H3/t10-/m1/s1. The molecule has 0 aromatic carbocycles. The third kappa shape index (κ3) is 6.36. The van der Waals surface area contributed by atoms with E-state index in [1.807, 2.05) is 0 Å². The van der Waals surface area contributed by atoms with Crippen LogP contribution in [0.5, 0.6) is 6.08 Å². The van der Waals surface area contributed by atoms with Gasteiger partial charge in [0.15, 0.2) is 0 Å². The van der Waals surface area contributed by atoms with Crippen LogP contribution in [-0.2, 0) is 9.47 Å². The van der Waals surface area contributed by atoms with Crippen molar-refractivity contribution in [1.82, 2.24) is 15.1 Å². The van der Waals surface area contributed by atoms with E-state index in [-0.39, 0.29) is 12.0 Å². The molecule has 1 aliphatic heterocycles. The normalized spacial score (nSPS) is 18.7. The SMILES string of the molecule is CC(C)(C)OC(=O)N1CCCC[C@@H]1c1nnc(OCCOC(F)(F)F)o1. The lowest BCUT2D eigenvalue weighted by Crippen LogP contribution is -2.42. The molecular formula is C15H22F3N3O5. The largest absolute Gasteiger partial charge is 0.522 e. The van der Waals surface area contributed by atoms with Gasteiger partial charge in [0.2, 0.25) is 5.89 Å². The molecule has 1 saturated heterocycles. The summed E-state index contributed by atoms with van der Waals surface area (Å²) in [6, 6.07) is -0.463. The summed E-state index contributed by atoms with van der Waals surface area (Å²) in [6.07, 6.45) is -3.19. The van der Waals surface area contributed by atoms with Gasteiger partial charge in [-0.3, -0.25) is 9.64 Å². The van der Waals surface area contributed by atoms with Crippen LogP contribution >= 0.6 is 0 Å². The van der Waals surface area contributed by atoms with Crippen molar-refractivity contribution in [3.63, 3.8) is 0 Å². The molecule has 0 saturated carbocycles. The molecule has 1 aromatic rings. The molecule has 11 heteroatoms. The highest BCUT2D eigenvalue weighted by Crippen LogP contribution is 2.32. The van der Waals surface area contributed by atoms with Crippen LogP contribution in [0.2, 0.25) is 0 Å². The Bertz CT molecular complexity index is 600. The Morgan fingerprint density at radius 3 is 2.62 bits per heavy atom. The van der Waals surface area contributed by atoms with Crippen molar-refractivity contribution in [1.29, 1.82) is 0 Å². The highest BCUT2D eigenvalue weighted by Gasteiger charge is 2.35. The molecule has 2 rings (SSSR count). The van der Waals surface area contributed by atoms with Crippen molar-refractivity contribution in [3.8, 4) is 6.08 Å². The zero-order chi connectivity index (χ0) is 19.4. The van der Waals surface area contributed by atoms with E-state index in [0.29, 0.717) is 13.0 Å². The maximum atomic E-state index is 12.4. The molecule has 2 heterocycles. The number of amides is 1. The molecule has 1 atom stereocenters. The first-order valence-corrected chi connectivity index (χ1v) is 8.22. The molecule has 148 valence electrons. The Morgan fingerprint density at radius 1 is 1.23 bits per heavy atom. The molecule has 1 fully saturated rings. The predicted molar refractivity (Wildman–Crippen MR) is 81.3 cm³/mol. The minimum Gasteiger partial charge on any atom is -0.447 e. The fourth-order valence-electron chi connectivity index (χ4n) is 2.43. The minimum atomic E-state index is -4.72. The Morgan fingerprint density at radius 2 is 1.96 bits per heavy atom. The molecule has 0 bridgehead atoms. The Kier molecular flexibility index (Phi) is 6.32. The maximum Gasteiger partial charge on any atom is 0.522 e. The number of carbonyl (C=O) groups is 1. The summed E-state index contributed by atoms with van der Waals surface area (Å²) in [5, 5.41) is 7.48. The van der Waals surface area contributed by atoms with E-state index in [1.165, 1.54) is 4.90 Å². The zero-order valence-corrected chi connectivity index (χ0v) is 14.8. The highest BCUT2D eigenvalue weighted by molar-refractivity contribution is 5.68. The number of aromatic nitrogens is 2. The second kappa shape index (κ2) is 8.11. The highest BCUT2D eigenvalue weighted by atomic mass is 19.4. The fraction of sp³-hybridized carbons (Fsp3) is 0.800. The zero-order valence-electron chi connectivity index (χ0n) is 14.8. The van der Waals surface area contributed by atoms with Gasteiger partial charge in [-0.25, -0.2) is 4.79 Å². The van der Waals surface area contributed by atoms with Gasteiger partial charge in [0.1, 0.15) is 18.2 Å². The lowest BCUT2D eigenvalue weighted by Gasteiger charge is -2.34. The van der Waals surface area contributed by atoms with Gasteiger partial charge in [0, 0.05) is 6.54 Å². The van der Waals surface area contributed by atoms with E-state index >= 15 is 0 Å². The van der Waals surface area contributed by atoms with Crippen LogP contribution in [-0.4, -0.2) is 52.9 Å². The summed E-state index contributed by atoms with van der Waals surface area (Å²) in [7, 11) is 0. The van der Waals surface area contributed by atoms with Crippen LogP contribution in [0.3, 0.4) is 0 Å². The molecule has 0 aliphatic carbocycles. The quantitative estimate of drug-likeness (QED) is 0.722. The molecule has 1 aromatic heterocycles. The first kappa shape index (κ1) is 20.3. The third-order valence-corrected chi connectivity index (χ3v) is 3.41. The number of hydrogen-bond donors (Lipinski definition) is 0. The first-order chi connectivity index (χ1) is 12.1. The van der Waals surface area contributed by atoms with Crippen LogP contribution in [0.25, 0.3) is 0 Å². The number of rotatable bonds is 5. The monoisotopic (exact) mass is 381 g/mol. The Hall–Kier alpha value is -2.04. The van der Waals surface area contributed by atoms with Gasteiger partial charge in [-0.1, -0.05) is 5.10 Å². The Labute approximate surface area is 148 Å². The molecule has 0 N–H and O–H groups in total. The van der Waals surface area contributed by atoms with Crippen molar-refractivity contribution in [2.75, 3.05) is 19.8 Å². The van der Waals surface area contributed by atoms with Gasteiger partial charge >= 0.3 is 18.5 Å². The number of likely N-dealkylation sites (tertiary alicyclic amines) is 1. The molecule has 26 heavy (non-hydrogen) atoms. The van der Waals surface area contributed by atoms with Gasteiger partial charge in [0.25, 0.3) is 0 Å². The second-order valence-corrected chi connectivity index (χ2v) is 6.73. The van der Waals surface area contributed by atoms with Crippen LogP contribution < -0.4 is 4.74 Å². The summed E-state index contributed by atoms with van der Waals surface area (Å²) in [4.78, 5) is 13.9. The van der Waals surface area contributed by atoms with Gasteiger partial charge in [-0.05, 0) is 40.0 Å². The van der Waals surface area contributed by atoms with Crippen molar-refractivity contribution in [2.45, 2.75) is 58.0 Å². The molecular weight excluding hydrogens is 359 g/mol. The lowest BCUT2D eigenvalue weighted by molar-refractivity contribution is -0.325. The van der Waals surface area contributed by atoms with Crippen LogP contribution in [0.15, 0.2) is 4.42 Å². The van der Waals surface area contributed by atoms with Crippen LogP contribution in [0, 0.1) is 0 Å². The summed E-state index contributed by atoms with van der Waals surface area (Å²) in [5.74, 6) is 0.155. The van der Waals surface area contributed by atoms with E-state index in [4.69, 9.17) is 13.9 Å². The smallest absolute Gasteiger partial charge is 0.447 e. The number of nitrogens with zero attached hydrogens (tertiary/aromatic N) is 3. The molecule has 0 spiro atoms.